The van der Waals surface area contributed by atoms with Crippen molar-refractivity contribution in [1.29, 1.82) is 0 Å². The summed E-state index contributed by atoms with van der Waals surface area (Å²) in [5, 5.41) is 4.19. The smallest absolute Gasteiger partial charge is 0.0991 e. The molecule has 0 atom stereocenters. The van der Waals surface area contributed by atoms with E-state index in [0.29, 0.717) is 13.1 Å². The fourth-order valence-corrected chi connectivity index (χ4v) is 3.83. The Kier molecular flexibility index (Phi) is 4.44. The molecule has 4 nitrogen and oxygen atoms in total. The van der Waals surface area contributed by atoms with Crippen LogP contribution >= 0.6 is 0 Å². The van der Waals surface area contributed by atoms with Gasteiger partial charge in [0.2, 0.25) is 0 Å². The van der Waals surface area contributed by atoms with E-state index in [9.17, 15) is 0 Å². The minimum atomic E-state index is -0.488. The number of rotatable bonds is 5. The first kappa shape index (κ1) is 16.4. The van der Waals surface area contributed by atoms with E-state index in [1.165, 1.54) is 11.1 Å². The molecule has 0 aromatic heterocycles. The molecule has 0 N–H and O–H groups in total. The zero-order valence-corrected chi connectivity index (χ0v) is 14.4. The van der Waals surface area contributed by atoms with Crippen LogP contribution in [0.1, 0.15) is 22.7 Å². The van der Waals surface area contributed by atoms with E-state index in [-0.39, 0.29) is 6.04 Å². The first-order valence-corrected chi connectivity index (χ1v) is 8.78. The SMILES string of the molecule is [N-]=[N+]=NC1(c2ccccc2)CN(C(c2ccccc2)c2ccccc2)C1. The van der Waals surface area contributed by atoms with Gasteiger partial charge in [-0.15, -0.1) is 0 Å². The summed E-state index contributed by atoms with van der Waals surface area (Å²) in [5.41, 5.74) is 12.2. The lowest BCUT2D eigenvalue weighted by Gasteiger charge is -2.51. The zero-order chi connectivity index (χ0) is 17.8. The Morgan fingerprint density at radius 1 is 0.769 bits per heavy atom. The molecule has 4 heteroatoms. The van der Waals surface area contributed by atoms with Gasteiger partial charge >= 0.3 is 0 Å². The van der Waals surface area contributed by atoms with Crippen LogP contribution in [0.5, 0.6) is 0 Å². The van der Waals surface area contributed by atoms with Gasteiger partial charge in [0.15, 0.2) is 0 Å². The fraction of sp³-hybridized carbons (Fsp3) is 0.182. The predicted molar refractivity (Wildman–Crippen MR) is 104 cm³/mol. The normalized spacial score (nSPS) is 15.9. The van der Waals surface area contributed by atoms with Crippen molar-refractivity contribution in [3.05, 3.63) is 118 Å². The Labute approximate surface area is 153 Å². The molecule has 4 rings (SSSR count). The summed E-state index contributed by atoms with van der Waals surface area (Å²) in [6, 6.07) is 31.2. The Balaban J connectivity index is 1.68. The molecule has 26 heavy (non-hydrogen) atoms. The van der Waals surface area contributed by atoms with Gasteiger partial charge in [-0.25, -0.2) is 0 Å². The summed E-state index contributed by atoms with van der Waals surface area (Å²) >= 11 is 0. The molecular weight excluding hydrogens is 320 g/mol. The van der Waals surface area contributed by atoms with Crippen molar-refractivity contribution in [1.82, 2.24) is 4.90 Å². The maximum absolute atomic E-state index is 9.13. The Hall–Kier alpha value is -3.07. The van der Waals surface area contributed by atoms with Gasteiger partial charge in [0.25, 0.3) is 0 Å². The van der Waals surface area contributed by atoms with Gasteiger partial charge in [-0.1, -0.05) is 96.1 Å². The third-order valence-corrected chi connectivity index (χ3v) is 5.07. The first-order valence-electron chi connectivity index (χ1n) is 8.78. The van der Waals surface area contributed by atoms with Gasteiger partial charge in [-0.05, 0) is 22.2 Å². The molecule has 3 aromatic rings. The second kappa shape index (κ2) is 7.04. The summed E-state index contributed by atoms with van der Waals surface area (Å²) in [5.74, 6) is 0. The van der Waals surface area contributed by atoms with Gasteiger partial charge in [-0.2, -0.15) is 0 Å². The lowest BCUT2D eigenvalue weighted by molar-refractivity contribution is 0.0409. The van der Waals surface area contributed by atoms with Gasteiger partial charge in [0.1, 0.15) is 0 Å². The molecule has 0 aliphatic carbocycles. The minimum Gasteiger partial charge on any atom is -0.290 e. The van der Waals surface area contributed by atoms with Crippen molar-refractivity contribution in [3.8, 4) is 0 Å². The number of azide groups is 1. The predicted octanol–water partition coefficient (Wildman–Crippen LogP) is 5.30. The lowest BCUT2D eigenvalue weighted by Crippen LogP contribution is -2.59. The van der Waals surface area contributed by atoms with Crippen molar-refractivity contribution in [2.75, 3.05) is 13.1 Å². The molecule has 1 aliphatic rings. The summed E-state index contributed by atoms with van der Waals surface area (Å²) < 4.78 is 0. The molecule has 0 amide bonds. The molecule has 0 unspecified atom stereocenters. The van der Waals surface area contributed by atoms with Crippen LogP contribution in [0.25, 0.3) is 10.4 Å². The summed E-state index contributed by atoms with van der Waals surface area (Å²) in [7, 11) is 0. The zero-order valence-electron chi connectivity index (χ0n) is 14.4. The molecule has 0 saturated carbocycles. The van der Waals surface area contributed by atoms with Crippen LogP contribution in [0, 0.1) is 0 Å². The van der Waals surface area contributed by atoms with E-state index in [1.54, 1.807) is 0 Å². The van der Waals surface area contributed by atoms with E-state index in [1.807, 2.05) is 42.5 Å². The third-order valence-electron chi connectivity index (χ3n) is 5.07. The van der Waals surface area contributed by atoms with Crippen LogP contribution in [0.4, 0.5) is 0 Å². The second-order valence-electron chi connectivity index (χ2n) is 6.72. The van der Waals surface area contributed by atoms with Crippen LogP contribution in [0.15, 0.2) is 96.1 Å². The summed E-state index contributed by atoms with van der Waals surface area (Å²) in [6.45, 7) is 1.41. The van der Waals surface area contributed by atoms with Crippen LogP contribution in [0.2, 0.25) is 0 Å². The van der Waals surface area contributed by atoms with Crippen LogP contribution in [0.3, 0.4) is 0 Å². The van der Waals surface area contributed by atoms with Crippen molar-refractivity contribution >= 4 is 0 Å². The number of nitrogens with zero attached hydrogens (tertiary/aromatic N) is 4. The number of hydrogen-bond donors (Lipinski definition) is 0. The molecule has 1 saturated heterocycles. The highest BCUT2D eigenvalue weighted by Gasteiger charge is 2.47. The van der Waals surface area contributed by atoms with Gasteiger partial charge in [0, 0.05) is 18.0 Å². The van der Waals surface area contributed by atoms with E-state index in [4.69, 9.17) is 5.53 Å². The third kappa shape index (κ3) is 2.97. The van der Waals surface area contributed by atoms with Crippen molar-refractivity contribution in [2.45, 2.75) is 11.6 Å². The Morgan fingerprint density at radius 2 is 1.23 bits per heavy atom. The minimum absolute atomic E-state index is 0.156. The lowest BCUT2D eigenvalue weighted by atomic mass is 9.80. The first-order chi connectivity index (χ1) is 12.8. The average molecular weight is 340 g/mol. The second-order valence-corrected chi connectivity index (χ2v) is 6.72. The standard InChI is InChI=1S/C22H20N4/c23-25-24-22(20-14-8-3-9-15-20)16-26(17-22)21(18-10-4-1-5-11-18)19-12-6-2-7-13-19/h1-15,21H,16-17H2. The number of hydrogen-bond acceptors (Lipinski definition) is 2. The maximum Gasteiger partial charge on any atom is 0.0991 e. The molecule has 128 valence electrons. The Bertz CT molecular complexity index is 857. The van der Waals surface area contributed by atoms with Crippen LogP contribution < -0.4 is 0 Å². The molecule has 0 radical (unpaired) electrons. The average Bonchev–Trinajstić information content (AvgIpc) is 2.68. The highest BCUT2D eigenvalue weighted by atomic mass is 15.3. The van der Waals surface area contributed by atoms with Crippen molar-refractivity contribution in [2.24, 2.45) is 5.11 Å². The van der Waals surface area contributed by atoms with Gasteiger partial charge in [0.05, 0.1) is 11.6 Å². The van der Waals surface area contributed by atoms with Crippen LogP contribution in [-0.2, 0) is 5.54 Å². The Morgan fingerprint density at radius 3 is 1.69 bits per heavy atom. The van der Waals surface area contributed by atoms with Crippen molar-refractivity contribution in [3.63, 3.8) is 0 Å². The summed E-state index contributed by atoms with van der Waals surface area (Å²) in [4.78, 5) is 5.53. The van der Waals surface area contributed by atoms with E-state index in [0.717, 1.165) is 5.56 Å². The van der Waals surface area contributed by atoms with Gasteiger partial charge < -0.3 is 0 Å². The monoisotopic (exact) mass is 340 g/mol. The van der Waals surface area contributed by atoms with E-state index < -0.39 is 5.54 Å². The topological polar surface area (TPSA) is 52.0 Å². The maximum atomic E-state index is 9.13. The quantitative estimate of drug-likeness (QED) is 0.353. The highest BCUT2D eigenvalue weighted by Crippen LogP contribution is 2.43. The van der Waals surface area contributed by atoms with Crippen LogP contribution in [-0.4, -0.2) is 18.0 Å². The fourth-order valence-electron chi connectivity index (χ4n) is 3.83. The molecule has 1 fully saturated rings. The molecule has 3 aromatic carbocycles. The van der Waals surface area contributed by atoms with Crippen molar-refractivity contribution < 1.29 is 0 Å². The molecular formula is C22H20N4. The van der Waals surface area contributed by atoms with Gasteiger partial charge in [-0.3, -0.25) is 4.90 Å². The highest BCUT2D eigenvalue weighted by molar-refractivity contribution is 5.36. The van der Waals surface area contributed by atoms with E-state index in [2.05, 4.69) is 63.5 Å². The summed E-state index contributed by atoms with van der Waals surface area (Å²) in [6.07, 6.45) is 0. The molecule has 0 spiro atoms. The molecule has 0 bridgehead atoms. The molecule has 1 aliphatic heterocycles. The number of likely N-dealkylation sites (tertiary alicyclic amines) is 1. The van der Waals surface area contributed by atoms with E-state index >= 15 is 0 Å². The molecule has 1 heterocycles. The largest absolute Gasteiger partial charge is 0.290 e. The number of benzene rings is 3.